The number of aromatic nitrogens is 1. The Hall–Kier alpha value is -2.93. The Balaban J connectivity index is 1.92. The molecule has 1 aliphatic heterocycles. The molecule has 0 unspecified atom stereocenters. The van der Waals surface area contributed by atoms with Crippen molar-refractivity contribution in [2.75, 3.05) is 6.61 Å². The summed E-state index contributed by atoms with van der Waals surface area (Å²) in [6.45, 7) is 5.40. The van der Waals surface area contributed by atoms with Crippen LogP contribution in [0, 0.1) is 0 Å². The monoisotopic (exact) mass is 484 g/mol. The molecule has 162 valence electrons. The molecule has 2 aromatic carbocycles. The number of carbonyl (C=O) groups is 1. The van der Waals surface area contributed by atoms with Crippen LogP contribution in [0.25, 0.3) is 6.08 Å². The van der Waals surface area contributed by atoms with Gasteiger partial charge in [-0.2, -0.15) is 0 Å². The first kappa shape index (κ1) is 22.3. The van der Waals surface area contributed by atoms with Crippen molar-refractivity contribution >= 4 is 46.6 Å². The summed E-state index contributed by atoms with van der Waals surface area (Å²) in [6.07, 6.45) is 3.24. The van der Waals surface area contributed by atoms with Gasteiger partial charge in [0.05, 0.1) is 31.9 Å². The van der Waals surface area contributed by atoms with Crippen LogP contribution in [0.4, 0.5) is 0 Å². The first-order valence-corrected chi connectivity index (χ1v) is 11.3. The molecule has 1 aromatic heterocycles. The Morgan fingerprint density at radius 3 is 2.66 bits per heavy atom. The molecule has 8 heteroatoms. The number of hydrogen-bond donors (Lipinski definition) is 0. The highest BCUT2D eigenvalue weighted by Crippen LogP contribution is 2.30. The number of benzene rings is 2. The summed E-state index contributed by atoms with van der Waals surface area (Å²) in [5.74, 6) is -0.529. The minimum Gasteiger partial charge on any atom is -0.458 e. The quantitative estimate of drug-likeness (QED) is 0.401. The van der Waals surface area contributed by atoms with Crippen molar-refractivity contribution in [1.29, 1.82) is 0 Å². The van der Waals surface area contributed by atoms with Crippen molar-refractivity contribution < 1.29 is 9.53 Å². The lowest BCUT2D eigenvalue weighted by atomic mass is 9.96. The molecule has 0 N–H and O–H groups in total. The number of ether oxygens (including phenoxy) is 1. The molecule has 0 aliphatic carbocycles. The smallest absolute Gasteiger partial charge is 0.338 e. The largest absolute Gasteiger partial charge is 0.458 e. The number of hydrogen-bond acceptors (Lipinski definition) is 5. The van der Waals surface area contributed by atoms with Gasteiger partial charge in [-0.15, -0.1) is 0 Å². The number of rotatable bonds is 5. The van der Waals surface area contributed by atoms with E-state index in [1.54, 1.807) is 35.8 Å². The summed E-state index contributed by atoms with van der Waals surface area (Å²) in [6, 6.07) is 13.9. The topological polar surface area (TPSA) is 60.7 Å². The van der Waals surface area contributed by atoms with E-state index in [0.29, 0.717) is 30.6 Å². The average Bonchev–Trinajstić information content (AvgIpc) is 3.08. The molecule has 1 aliphatic rings. The van der Waals surface area contributed by atoms with Crippen LogP contribution in [-0.4, -0.2) is 17.1 Å². The van der Waals surface area contributed by atoms with Gasteiger partial charge in [-0.1, -0.05) is 83.6 Å². The number of nitrogens with zero attached hydrogens (tertiary/aromatic N) is 2. The highest BCUT2D eigenvalue weighted by Gasteiger charge is 2.33. The number of halogens is 2. The summed E-state index contributed by atoms with van der Waals surface area (Å²) in [4.78, 5) is 31.4. The molecule has 0 radical (unpaired) electrons. The van der Waals surface area contributed by atoms with Gasteiger partial charge in [0.2, 0.25) is 0 Å². The summed E-state index contributed by atoms with van der Waals surface area (Å²) in [5, 5.41) is 0.839. The number of fused-ring (bicyclic) bond motifs is 1. The van der Waals surface area contributed by atoms with Gasteiger partial charge in [-0.3, -0.25) is 9.36 Å². The van der Waals surface area contributed by atoms with E-state index in [0.717, 1.165) is 11.1 Å². The van der Waals surface area contributed by atoms with Gasteiger partial charge in [0, 0.05) is 0 Å². The molecule has 0 amide bonds. The van der Waals surface area contributed by atoms with Crippen LogP contribution in [0.5, 0.6) is 0 Å². The summed E-state index contributed by atoms with van der Waals surface area (Å²) in [5.41, 5.74) is 2.11. The van der Waals surface area contributed by atoms with Gasteiger partial charge in [-0.05, 0) is 36.3 Å². The first-order valence-electron chi connectivity index (χ1n) is 9.71. The molecule has 0 saturated carbocycles. The highest BCUT2D eigenvalue weighted by molar-refractivity contribution is 7.07. The third-order valence-corrected chi connectivity index (χ3v) is 6.65. The number of esters is 1. The third-order valence-electron chi connectivity index (χ3n) is 4.93. The maximum atomic E-state index is 13.5. The van der Waals surface area contributed by atoms with E-state index in [1.165, 1.54) is 17.4 Å². The maximum absolute atomic E-state index is 13.5. The fraction of sp³-hybridized carbons (Fsp3) is 0.125. The molecule has 0 saturated heterocycles. The Kier molecular flexibility index (Phi) is 6.46. The Labute approximate surface area is 198 Å². The summed E-state index contributed by atoms with van der Waals surface area (Å²) in [7, 11) is 0. The van der Waals surface area contributed by atoms with Gasteiger partial charge in [0.15, 0.2) is 4.80 Å². The van der Waals surface area contributed by atoms with E-state index in [1.807, 2.05) is 30.3 Å². The normalized spacial score (nSPS) is 15.8. The predicted molar refractivity (Wildman–Crippen MR) is 128 cm³/mol. The zero-order valence-corrected chi connectivity index (χ0v) is 19.4. The molecule has 1 atom stereocenters. The molecule has 2 heterocycles. The molecule has 0 fully saturated rings. The van der Waals surface area contributed by atoms with E-state index < -0.39 is 12.0 Å². The Bertz CT molecular complexity index is 1420. The zero-order chi connectivity index (χ0) is 22.8. The highest BCUT2D eigenvalue weighted by atomic mass is 35.5. The van der Waals surface area contributed by atoms with Crippen molar-refractivity contribution in [3.63, 3.8) is 0 Å². The fourth-order valence-electron chi connectivity index (χ4n) is 3.50. The molecular weight excluding hydrogens is 467 g/mol. The third kappa shape index (κ3) is 4.21. The lowest BCUT2D eigenvalue weighted by Crippen LogP contribution is -2.39. The maximum Gasteiger partial charge on any atom is 0.338 e. The Morgan fingerprint density at radius 1 is 1.22 bits per heavy atom. The molecular formula is C24H18Cl2N2O3S. The minimum atomic E-state index is -0.652. The van der Waals surface area contributed by atoms with Crippen molar-refractivity contribution in [2.45, 2.75) is 13.0 Å². The number of allylic oxidation sites excluding steroid dienone is 1. The SMILES string of the molecule is C=CCOC(=O)C1=C(C)N=c2s/c(=C\c3ccc(Cl)c(Cl)c3)c(=O)n2[C@@H]1c1ccccc1. The first-order chi connectivity index (χ1) is 15.4. The average molecular weight is 485 g/mol. The van der Waals surface area contributed by atoms with E-state index in [-0.39, 0.29) is 12.2 Å². The van der Waals surface area contributed by atoms with Crippen LogP contribution in [0.1, 0.15) is 24.1 Å². The Morgan fingerprint density at radius 2 is 1.97 bits per heavy atom. The van der Waals surface area contributed by atoms with E-state index in [9.17, 15) is 9.59 Å². The van der Waals surface area contributed by atoms with Crippen LogP contribution >= 0.6 is 34.5 Å². The molecule has 5 nitrogen and oxygen atoms in total. The molecule has 0 spiro atoms. The van der Waals surface area contributed by atoms with Crippen LogP contribution in [-0.2, 0) is 9.53 Å². The van der Waals surface area contributed by atoms with Gasteiger partial charge < -0.3 is 4.74 Å². The minimum absolute atomic E-state index is 0.0683. The lowest BCUT2D eigenvalue weighted by Gasteiger charge is -2.24. The predicted octanol–water partition coefficient (Wildman–Crippen LogP) is 4.27. The van der Waals surface area contributed by atoms with Crippen LogP contribution < -0.4 is 14.9 Å². The van der Waals surface area contributed by atoms with Crippen molar-refractivity contribution in [3.8, 4) is 0 Å². The summed E-state index contributed by atoms with van der Waals surface area (Å²) >= 11 is 13.4. The lowest BCUT2D eigenvalue weighted by molar-refractivity contribution is -0.138. The summed E-state index contributed by atoms with van der Waals surface area (Å²) < 4.78 is 7.32. The van der Waals surface area contributed by atoms with Gasteiger partial charge in [0.25, 0.3) is 5.56 Å². The van der Waals surface area contributed by atoms with E-state index in [4.69, 9.17) is 27.9 Å². The molecule has 3 aromatic rings. The number of thiazole rings is 1. The standard InChI is InChI=1S/C24H18Cl2N2O3S/c1-3-11-31-23(30)20-14(2)27-24-28(21(20)16-7-5-4-6-8-16)22(29)19(32-24)13-15-9-10-17(25)18(26)12-15/h3-10,12-13,21H,1,11H2,2H3/b19-13-/t21-/m1/s1. The van der Waals surface area contributed by atoms with Gasteiger partial charge in [-0.25, -0.2) is 9.79 Å². The van der Waals surface area contributed by atoms with E-state index in [2.05, 4.69) is 11.6 Å². The van der Waals surface area contributed by atoms with Crippen LogP contribution in [0.2, 0.25) is 10.0 Å². The van der Waals surface area contributed by atoms with Gasteiger partial charge >= 0.3 is 5.97 Å². The molecule has 4 rings (SSSR count). The second-order valence-electron chi connectivity index (χ2n) is 7.05. The van der Waals surface area contributed by atoms with Crippen LogP contribution in [0.15, 0.2) is 82.2 Å². The van der Waals surface area contributed by atoms with Crippen molar-refractivity contribution in [3.05, 3.63) is 113 Å². The number of carbonyl (C=O) groups excluding carboxylic acids is 1. The van der Waals surface area contributed by atoms with Crippen molar-refractivity contribution in [2.24, 2.45) is 4.99 Å². The second-order valence-corrected chi connectivity index (χ2v) is 8.88. The van der Waals surface area contributed by atoms with Crippen LogP contribution in [0.3, 0.4) is 0 Å². The fourth-order valence-corrected chi connectivity index (χ4v) is 4.85. The second kappa shape index (κ2) is 9.28. The van der Waals surface area contributed by atoms with Crippen molar-refractivity contribution in [1.82, 2.24) is 4.57 Å². The van der Waals surface area contributed by atoms with Gasteiger partial charge in [0.1, 0.15) is 6.61 Å². The molecule has 32 heavy (non-hydrogen) atoms. The molecule has 0 bridgehead atoms. The van der Waals surface area contributed by atoms with E-state index >= 15 is 0 Å². The zero-order valence-electron chi connectivity index (χ0n) is 17.0.